The fourth-order valence-electron chi connectivity index (χ4n) is 0.391. The minimum Gasteiger partial charge on any atom is -0.343 e. The van der Waals surface area contributed by atoms with Gasteiger partial charge >= 0.3 is 0 Å². The monoisotopic (exact) mass is 100 g/mol. The van der Waals surface area contributed by atoms with Gasteiger partial charge in [-0.2, -0.15) is 0 Å². The van der Waals surface area contributed by atoms with Gasteiger partial charge in [0.15, 0.2) is 0 Å². The van der Waals surface area contributed by atoms with E-state index in [4.69, 9.17) is 0 Å². The van der Waals surface area contributed by atoms with Gasteiger partial charge in [0.25, 0.3) is 0 Å². The van der Waals surface area contributed by atoms with E-state index in [9.17, 15) is 0 Å². The average Bonchev–Trinajstić information content (AvgIpc) is 1.61. The highest BCUT2D eigenvalue weighted by Crippen LogP contribution is 1.73. The second-order valence-corrected chi connectivity index (χ2v) is 1.86. The summed E-state index contributed by atoms with van der Waals surface area (Å²) in [5, 5.41) is 2.22. The number of hydrogen-bond donors (Lipinski definition) is 1. The van der Waals surface area contributed by atoms with Gasteiger partial charge in [0.05, 0.1) is 13.1 Å². The molecular formula is C6H14N+. The zero-order chi connectivity index (χ0) is 5.70. The lowest BCUT2D eigenvalue weighted by Gasteiger charge is -1.92. The standard InChI is InChI=1S/C6H13N/c1-4-7-5-6(2)3/h7H,2,4-5H2,1,3H3/p+1. The van der Waals surface area contributed by atoms with Crippen LogP contribution in [0, 0.1) is 0 Å². The number of rotatable bonds is 3. The molecule has 0 aliphatic heterocycles. The Morgan fingerprint density at radius 1 is 1.71 bits per heavy atom. The van der Waals surface area contributed by atoms with Crippen molar-refractivity contribution in [2.24, 2.45) is 0 Å². The molecule has 0 atom stereocenters. The molecule has 0 aromatic carbocycles. The van der Waals surface area contributed by atoms with E-state index in [2.05, 4.69) is 18.8 Å². The molecule has 42 valence electrons. The zero-order valence-electron chi connectivity index (χ0n) is 5.20. The van der Waals surface area contributed by atoms with Crippen LogP contribution in [0.1, 0.15) is 13.8 Å². The minimum atomic E-state index is 1.08. The molecule has 7 heavy (non-hydrogen) atoms. The summed E-state index contributed by atoms with van der Waals surface area (Å²) >= 11 is 0. The third-order valence-electron chi connectivity index (χ3n) is 0.781. The summed E-state index contributed by atoms with van der Waals surface area (Å²) in [6.07, 6.45) is 0. The van der Waals surface area contributed by atoms with Gasteiger partial charge in [-0.15, -0.1) is 0 Å². The van der Waals surface area contributed by atoms with Gasteiger partial charge in [0, 0.05) is 0 Å². The van der Waals surface area contributed by atoms with Gasteiger partial charge in [-0.3, -0.25) is 0 Å². The number of hydrogen-bond acceptors (Lipinski definition) is 0. The molecule has 1 heteroatoms. The van der Waals surface area contributed by atoms with Crippen molar-refractivity contribution in [3.63, 3.8) is 0 Å². The maximum Gasteiger partial charge on any atom is 0.0966 e. The molecule has 0 aliphatic rings. The maximum absolute atomic E-state index is 3.76. The fraction of sp³-hybridized carbons (Fsp3) is 0.667. The van der Waals surface area contributed by atoms with Gasteiger partial charge in [0.2, 0.25) is 0 Å². The van der Waals surface area contributed by atoms with E-state index < -0.39 is 0 Å². The Labute approximate surface area is 45.4 Å². The lowest BCUT2D eigenvalue weighted by molar-refractivity contribution is -0.644. The Kier molecular flexibility index (Phi) is 3.71. The molecule has 0 saturated heterocycles. The van der Waals surface area contributed by atoms with E-state index in [0.29, 0.717) is 0 Å². The topological polar surface area (TPSA) is 16.6 Å². The lowest BCUT2D eigenvalue weighted by Crippen LogP contribution is -2.83. The molecule has 0 unspecified atom stereocenters. The van der Waals surface area contributed by atoms with Crippen LogP contribution in [0.4, 0.5) is 0 Å². The van der Waals surface area contributed by atoms with Crippen LogP contribution in [0.15, 0.2) is 12.2 Å². The van der Waals surface area contributed by atoms with Crippen LogP contribution in [0.5, 0.6) is 0 Å². The van der Waals surface area contributed by atoms with Crippen molar-refractivity contribution < 1.29 is 5.32 Å². The molecule has 0 aliphatic carbocycles. The Morgan fingerprint density at radius 3 is 2.43 bits per heavy atom. The average molecular weight is 100 g/mol. The van der Waals surface area contributed by atoms with Crippen LogP contribution >= 0.6 is 0 Å². The molecule has 0 radical (unpaired) electrons. The van der Waals surface area contributed by atoms with Crippen LogP contribution < -0.4 is 5.32 Å². The number of quaternary nitrogens is 1. The predicted molar refractivity (Wildman–Crippen MR) is 32.1 cm³/mol. The normalized spacial score (nSPS) is 8.86. The highest BCUT2D eigenvalue weighted by atomic mass is 14.8. The first-order chi connectivity index (χ1) is 3.27. The molecule has 0 aromatic rings. The maximum atomic E-state index is 3.76. The van der Waals surface area contributed by atoms with Gasteiger partial charge in [0.1, 0.15) is 0 Å². The highest BCUT2D eigenvalue weighted by Gasteiger charge is 1.82. The van der Waals surface area contributed by atoms with Crippen LogP contribution in [0.25, 0.3) is 0 Å². The molecule has 0 aromatic heterocycles. The molecule has 0 saturated carbocycles. The summed E-state index contributed by atoms with van der Waals surface area (Å²) in [7, 11) is 0. The summed E-state index contributed by atoms with van der Waals surface area (Å²) < 4.78 is 0. The zero-order valence-corrected chi connectivity index (χ0v) is 5.20. The Balaban J connectivity index is 2.82. The summed E-state index contributed by atoms with van der Waals surface area (Å²) in [5.74, 6) is 0. The molecular weight excluding hydrogens is 86.1 g/mol. The van der Waals surface area contributed by atoms with Crippen molar-refractivity contribution in [1.82, 2.24) is 0 Å². The van der Waals surface area contributed by atoms with E-state index in [0.717, 1.165) is 13.1 Å². The first-order valence-electron chi connectivity index (χ1n) is 2.73. The smallest absolute Gasteiger partial charge is 0.0966 e. The van der Waals surface area contributed by atoms with Crippen molar-refractivity contribution in [2.45, 2.75) is 13.8 Å². The van der Waals surface area contributed by atoms with Crippen molar-refractivity contribution in [2.75, 3.05) is 13.1 Å². The Bertz CT molecular complexity index is 57.2. The number of likely N-dealkylation sites (N-methyl/N-ethyl adjacent to an activating group) is 1. The second kappa shape index (κ2) is 3.88. The predicted octanol–water partition coefficient (Wildman–Crippen LogP) is 0.146. The molecule has 0 fully saturated rings. The van der Waals surface area contributed by atoms with E-state index in [1.807, 2.05) is 6.92 Å². The lowest BCUT2D eigenvalue weighted by atomic mass is 10.3. The molecule has 0 rings (SSSR count). The van der Waals surface area contributed by atoms with Crippen molar-refractivity contribution in [1.29, 1.82) is 0 Å². The first kappa shape index (κ1) is 6.70. The van der Waals surface area contributed by atoms with E-state index >= 15 is 0 Å². The quantitative estimate of drug-likeness (QED) is 0.486. The molecule has 0 bridgehead atoms. The van der Waals surface area contributed by atoms with Gasteiger partial charge in [-0.25, -0.2) is 0 Å². The minimum absolute atomic E-state index is 1.08. The molecule has 0 spiro atoms. The summed E-state index contributed by atoms with van der Waals surface area (Å²) in [6, 6.07) is 0. The Morgan fingerprint density at radius 2 is 2.29 bits per heavy atom. The van der Waals surface area contributed by atoms with E-state index in [-0.39, 0.29) is 0 Å². The van der Waals surface area contributed by atoms with Crippen molar-refractivity contribution in [3.05, 3.63) is 12.2 Å². The summed E-state index contributed by atoms with van der Waals surface area (Å²) in [4.78, 5) is 0. The first-order valence-corrected chi connectivity index (χ1v) is 2.73. The molecule has 2 N–H and O–H groups in total. The largest absolute Gasteiger partial charge is 0.343 e. The molecule has 0 heterocycles. The van der Waals surface area contributed by atoms with E-state index in [1.54, 1.807) is 0 Å². The molecule has 1 nitrogen and oxygen atoms in total. The molecule has 0 amide bonds. The van der Waals surface area contributed by atoms with Gasteiger partial charge in [-0.05, 0) is 19.4 Å². The third-order valence-corrected chi connectivity index (χ3v) is 0.781. The van der Waals surface area contributed by atoms with Gasteiger partial charge in [-0.1, -0.05) is 6.58 Å². The SMILES string of the molecule is C=C(C)C[NH2+]CC. The van der Waals surface area contributed by atoms with Crippen LogP contribution in [0.3, 0.4) is 0 Å². The van der Waals surface area contributed by atoms with Crippen LogP contribution in [-0.4, -0.2) is 13.1 Å². The van der Waals surface area contributed by atoms with Crippen LogP contribution in [-0.2, 0) is 0 Å². The summed E-state index contributed by atoms with van der Waals surface area (Å²) in [5.41, 5.74) is 1.25. The van der Waals surface area contributed by atoms with E-state index in [1.165, 1.54) is 5.57 Å². The second-order valence-electron chi connectivity index (χ2n) is 1.86. The number of nitrogens with two attached hydrogens (primary N) is 1. The van der Waals surface area contributed by atoms with Crippen molar-refractivity contribution in [3.8, 4) is 0 Å². The van der Waals surface area contributed by atoms with Crippen molar-refractivity contribution >= 4 is 0 Å². The fourth-order valence-corrected chi connectivity index (χ4v) is 0.391. The van der Waals surface area contributed by atoms with Crippen LogP contribution in [0.2, 0.25) is 0 Å². The Hall–Kier alpha value is -0.300. The third kappa shape index (κ3) is 5.70. The summed E-state index contributed by atoms with van der Waals surface area (Å²) in [6.45, 7) is 10.2. The highest BCUT2D eigenvalue weighted by molar-refractivity contribution is 4.85. The van der Waals surface area contributed by atoms with Gasteiger partial charge < -0.3 is 5.32 Å².